The highest BCUT2D eigenvalue weighted by atomic mass is 19.2. The van der Waals surface area contributed by atoms with E-state index in [1.165, 1.54) is 18.2 Å². The molecule has 0 aromatic heterocycles. The summed E-state index contributed by atoms with van der Waals surface area (Å²) >= 11 is 0. The quantitative estimate of drug-likeness (QED) is 0.249. The molecule has 3 aromatic rings. The van der Waals surface area contributed by atoms with Gasteiger partial charge in [0.1, 0.15) is 0 Å². The molecule has 0 spiro atoms. The monoisotopic (exact) mass is 566 g/mol. The number of halogens is 6. The van der Waals surface area contributed by atoms with Crippen molar-refractivity contribution in [2.75, 3.05) is 13.2 Å². The van der Waals surface area contributed by atoms with E-state index in [9.17, 15) is 31.4 Å². The van der Waals surface area contributed by atoms with Crippen LogP contribution in [0.5, 0.6) is 11.5 Å². The molecule has 1 saturated carbocycles. The molecule has 0 radical (unpaired) electrons. The molecule has 1 fully saturated rings. The van der Waals surface area contributed by atoms with E-state index in [4.69, 9.17) is 9.47 Å². The predicted molar refractivity (Wildman–Crippen MR) is 139 cm³/mol. The van der Waals surface area contributed by atoms with Gasteiger partial charge < -0.3 is 14.6 Å². The maximum absolute atomic E-state index is 14.8. The van der Waals surface area contributed by atoms with Gasteiger partial charge in [-0.2, -0.15) is 8.78 Å². The molecule has 3 aromatic carbocycles. The first-order valence-electron chi connectivity index (χ1n) is 13.6. The van der Waals surface area contributed by atoms with Crippen LogP contribution in [-0.2, 0) is 0 Å². The summed E-state index contributed by atoms with van der Waals surface area (Å²) in [7, 11) is 0. The van der Waals surface area contributed by atoms with Gasteiger partial charge >= 0.3 is 0 Å². The first-order chi connectivity index (χ1) is 19.2. The largest absolute Gasteiger partial charge is 0.491 e. The van der Waals surface area contributed by atoms with Crippen LogP contribution in [0.15, 0.2) is 36.4 Å². The van der Waals surface area contributed by atoms with Gasteiger partial charge in [-0.15, -0.1) is 0 Å². The van der Waals surface area contributed by atoms with Crippen molar-refractivity contribution in [3.05, 3.63) is 82.4 Å². The number of ether oxygens (including phenoxy) is 2. The Bertz CT molecular complexity index is 1340. The Morgan fingerprint density at radius 2 is 1.27 bits per heavy atom. The lowest BCUT2D eigenvalue weighted by atomic mass is 9.78. The van der Waals surface area contributed by atoms with Crippen LogP contribution in [0.25, 0.3) is 11.1 Å². The zero-order valence-electron chi connectivity index (χ0n) is 22.4. The summed E-state index contributed by atoms with van der Waals surface area (Å²) in [6.45, 7) is 3.64. The van der Waals surface area contributed by atoms with Crippen LogP contribution in [-0.4, -0.2) is 18.3 Å². The van der Waals surface area contributed by atoms with Gasteiger partial charge in [0.15, 0.2) is 34.8 Å². The number of hydrogen-bond donors (Lipinski definition) is 1. The van der Waals surface area contributed by atoms with Crippen LogP contribution in [0, 0.1) is 40.8 Å². The van der Waals surface area contributed by atoms with Crippen LogP contribution in [0.3, 0.4) is 0 Å². The smallest absolute Gasteiger partial charge is 0.201 e. The number of aliphatic hydroxyl groups excluding tert-OH is 1. The van der Waals surface area contributed by atoms with Gasteiger partial charge in [0, 0.05) is 16.7 Å². The first kappa shape index (κ1) is 29.8. The van der Waals surface area contributed by atoms with E-state index < -0.39 is 52.1 Å². The lowest BCUT2D eigenvalue weighted by Crippen LogP contribution is -2.20. The fraction of sp³-hybridized carbons (Fsp3) is 0.419. The Kier molecular flexibility index (Phi) is 9.66. The summed E-state index contributed by atoms with van der Waals surface area (Å²) in [5.74, 6) is -8.18. The highest BCUT2D eigenvalue weighted by molar-refractivity contribution is 5.67. The van der Waals surface area contributed by atoms with Gasteiger partial charge in [0.25, 0.3) is 0 Å². The Morgan fingerprint density at radius 3 is 1.82 bits per heavy atom. The van der Waals surface area contributed by atoms with E-state index in [0.717, 1.165) is 18.2 Å². The SMILES string of the molecule is CCCC(O)c1ccc(C2CCC(COc3ccc(-c4ccc(OCC)c(F)c4F)c(F)c3F)CC2)c(F)c1F. The van der Waals surface area contributed by atoms with E-state index in [0.29, 0.717) is 38.5 Å². The number of aliphatic hydroxyl groups is 1. The molecule has 1 unspecified atom stereocenters. The molecule has 0 aliphatic heterocycles. The van der Waals surface area contributed by atoms with Gasteiger partial charge in [0.2, 0.25) is 11.6 Å². The van der Waals surface area contributed by atoms with E-state index in [1.54, 1.807) is 6.92 Å². The van der Waals surface area contributed by atoms with E-state index in [-0.39, 0.29) is 47.7 Å². The molecule has 216 valence electrons. The Balaban J connectivity index is 1.39. The van der Waals surface area contributed by atoms with Gasteiger partial charge in [-0.05, 0) is 80.7 Å². The molecule has 3 nitrogen and oxygen atoms in total. The number of benzene rings is 3. The first-order valence-corrected chi connectivity index (χ1v) is 13.6. The van der Waals surface area contributed by atoms with Gasteiger partial charge in [0.05, 0.1) is 19.3 Å². The average Bonchev–Trinajstić information content (AvgIpc) is 2.94. The predicted octanol–water partition coefficient (Wildman–Crippen LogP) is 8.77. The van der Waals surface area contributed by atoms with Crippen LogP contribution < -0.4 is 9.47 Å². The van der Waals surface area contributed by atoms with E-state index in [2.05, 4.69) is 0 Å². The lowest BCUT2D eigenvalue weighted by Gasteiger charge is -2.29. The van der Waals surface area contributed by atoms with E-state index in [1.807, 2.05) is 6.92 Å². The van der Waals surface area contributed by atoms with Crippen molar-refractivity contribution in [2.24, 2.45) is 5.92 Å². The minimum absolute atomic E-state index is 0.0189. The highest BCUT2D eigenvalue weighted by Gasteiger charge is 2.28. The van der Waals surface area contributed by atoms with Crippen molar-refractivity contribution in [2.45, 2.75) is 64.4 Å². The fourth-order valence-corrected chi connectivity index (χ4v) is 5.29. The van der Waals surface area contributed by atoms with Crippen LogP contribution in [0.2, 0.25) is 0 Å². The van der Waals surface area contributed by atoms with E-state index >= 15 is 0 Å². The van der Waals surface area contributed by atoms with Crippen LogP contribution in [0.1, 0.15) is 75.5 Å². The summed E-state index contributed by atoms with van der Waals surface area (Å²) in [5.41, 5.74) is -0.669. The molecule has 0 amide bonds. The second kappa shape index (κ2) is 13.0. The van der Waals surface area contributed by atoms with Gasteiger partial charge in [-0.3, -0.25) is 0 Å². The lowest BCUT2D eigenvalue weighted by molar-refractivity contribution is 0.160. The second-order valence-corrected chi connectivity index (χ2v) is 10.1. The Labute approximate surface area is 229 Å². The minimum atomic E-state index is -1.37. The molecule has 4 rings (SSSR count). The highest BCUT2D eigenvalue weighted by Crippen LogP contribution is 2.39. The molecule has 9 heteroatoms. The Morgan fingerprint density at radius 1 is 0.700 bits per heavy atom. The topological polar surface area (TPSA) is 38.7 Å². The molecule has 1 N–H and O–H groups in total. The fourth-order valence-electron chi connectivity index (χ4n) is 5.29. The molecule has 0 saturated heterocycles. The van der Waals surface area contributed by atoms with Crippen molar-refractivity contribution in [1.82, 2.24) is 0 Å². The summed E-state index contributed by atoms with van der Waals surface area (Å²) in [5, 5.41) is 10.1. The zero-order chi connectivity index (χ0) is 29.0. The number of hydrogen-bond acceptors (Lipinski definition) is 3. The summed E-state index contributed by atoms with van der Waals surface area (Å²) in [6.07, 6.45) is 2.24. The molecule has 1 aliphatic carbocycles. The van der Waals surface area contributed by atoms with Crippen LogP contribution >= 0.6 is 0 Å². The third-order valence-electron chi connectivity index (χ3n) is 7.51. The zero-order valence-corrected chi connectivity index (χ0v) is 22.4. The van der Waals surface area contributed by atoms with Crippen molar-refractivity contribution in [1.29, 1.82) is 0 Å². The number of rotatable bonds is 10. The molecule has 40 heavy (non-hydrogen) atoms. The standard InChI is InChI=1S/C31H32F6O3/c1-3-5-23(38)22-11-10-19(26(32)29(22)35)18-8-6-17(7-9-18)16-40-25-15-13-21(28(34)31(25)37)20-12-14-24(39-4-2)30(36)27(20)33/h10-15,17-18,23,38H,3-9,16H2,1-2H3. The van der Waals surface area contributed by atoms with Crippen LogP contribution in [0.4, 0.5) is 26.3 Å². The molecule has 1 atom stereocenters. The second-order valence-electron chi connectivity index (χ2n) is 10.1. The normalized spacial score (nSPS) is 18.0. The maximum Gasteiger partial charge on any atom is 0.201 e. The summed E-state index contributed by atoms with van der Waals surface area (Å²) in [4.78, 5) is 0. The minimum Gasteiger partial charge on any atom is -0.491 e. The molecule has 0 bridgehead atoms. The summed E-state index contributed by atoms with van der Waals surface area (Å²) in [6, 6.07) is 7.54. The molecule has 0 heterocycles. The van der Waals surface area contributed by atoms with Crippen molar-refractivity contribution in [3.8, 4) is 22.6 Å². The van der Waals surface area contributed by atoms with Crippen molar-refractivity contribution >= 4 is 0 Å². The molecular weight excluding hydrogens is 534 g/mol. The maximum atomic E-state index is 14.8. The third kappa shape index (κ3) is 6.09. The van der Waals surface area contributed by atoms with Crippen molar-refractivity contribution in [3.63, 3.8) is 0 Å². The van der Waals surface area contributed by atoms with Crippen molar-refractivity contribution < 1.29 is 40.9 Å². The Hall–Kier alpha value is -3.20. The molecule has 1 aliphatic rings. The molecular formula is C31H32F6O3. The summed E-state index contributed by atoms with van der Waals surface area (Å²) < 4.78 is 98.4. The van der Waals surface area contributed by atoms with Gasteiger partial charge in [-0.1, -0.05) is 25.5 Å². The van der Waals surface area contributed by atoms with Gasteiger partial charge in [-0.25, -0.2) is 17.6 Å². The third-order valence-corrected chi connectivity index (χ3v) is 7.51. The average molecular weight is 567 g/mol.